The van der Waals surface area contributed by atoms with E-state index in [1.807, 2.05) is 23.1 Å². The van der Waals surface area contributed by atoms with Gasteiger partial charge in [-0.25, -0.2) is 0 Å². The van der Waals surface area contributed by atoms with Gasteiger partial charge in [0.25, 0.3) is 0 Å². The number of nitrogens with one attached hydrogen (secondary N) is 2. The van der Waals surface area contributed by atoms with Gasteiger partial charge in [0.1, 0.15) is 0 Å². The zero-order valence-corrected chi connectivity index (χ0v) is 16.4. The molecule has 0 spiro atoms. The van der Waals surface area contributed by atoms with E-state index >= 15 is 0 Å². The molecule has 150 valence electrons. The number of hydrogen-bond acceptors (Lipinski definition) is 6. The molecule has 1 aromatic carbocycles. The molecule has 1 heterocycles. The number of ether oxygens (including phenoxy) is 2. The Bertz CT molecular complexity index is 677. The molecule has 1 fully saturated rings. The lowest BCUT2D eigenvalue weighted by molar-refractivity contribution is -0.135. The van der Waals surface area contributed by atoms with E-state index < -0.39 is 11.6 Å². The summed E-state index contributed by atoms with van der Waals surface area (Å²) in [6, 6.07) is 5.04. The van der Waals surface area contributed by atoms with Gasteiger partial charge < -0.3 is 25.2 Å². The molecule has 0 saturated carbocycles. The largest absolute Gasteiger partial charge is 0.493 e. The fourth-order valence-electron chi connectivity index (χ4n) is 3.03. The van der Waals surface area contributed by atoms with Gasteiger partial charge in [0.05, 0.1) is 38.8 Å². The molecule has 8 nitrogen and oxygen atoms in total. The number of piperazine rings is 1. The first-order valence-electron chi connectivity index (χ1n) is 8.94. The quantitative estimate of drug-likeness (QED) is 0.600. The van der Waals surface area contributed by atoms with Crippen molar-refractivity contribution in [2.75, 3.05) is 33.9 Å². The molecule has 3 N–H and O–H groups in total. The standard InChI is InChI=1S/C19H29N3O5/c1-19(2,12-23)21-17(24)10-14-18(25)20-7-8-22(14)11-13-5-6-15(26-3)16(9-13)27-4/h5-6,9,14,23H,7-8,10-12H2,1-4H3,(H,20,25)(H,21,24). The predicted molar refractivity (Wildman–Crippen MR) is 101 cm³/mol. The van der Waals surface area contributed by atoms with Crippen LogP contribution >= 0.6 is 0 Å². The van der Waals surface area contributed by atoms with Crippen molar-refractivity contribution in [3.63, 3.8) is 0 Å². The molecule has 2 rings (SSSR count). The molecular weight excluding hydrogens is 350 g/mol. The number of carbonyl (C=O) groups excluding carboxylic acids is 2. The second kappa shape index (κ2) is 9.05. The summed E-state index contributed by atoms with van der Waals surface area (Å²) in [5, 5.41) is 14.9. The minimum atomic E-state index is -0.726. The van der Waals surface area contributed by atoms with Crippen LogP contribution in [0, 0.1) is 0 Å². The zero-order valence-electron chi connectivity index (χ0n) is 16.4. The van der Waals surface area contributed by atoms with Crippen molar-refractivity contribution in [3.05, 3.63) is 23.8 Å². The fourth-order valence-corrected chi connectivity index (χ4v) is 3.03. The molecule has 0 radical (unpaired) electrons. The van der Waals surface area contributed by atoms with Crippen molar-refractivity contribution >= 4 is 11.8 Å². The molecule has 1 aliphatic rings. The Morgan fingerprint density at radius 2 is 2.04 bits per heavy atom. The van der Waals surface area contributed by atoms with Crippen LogP contribution in [0.2, 0.25) is 0 Å². The van der Waals surface area contributed by atoms with Gasteiger partial charge in [-0.05, 0) is 31.5 Å². The highest BCUT2D eigenvalue weighted by atomic mass is 16.5. The van der Waals surface area contributed by atoms with E-state index in [-0.39, 0.29) is 24.8 Å². The van der Waals surface area contributed by atoms with Crippen LogP contribution in [-0.4, -0.2) is 67.3 Å². The van der Waals surface area contributed by atoms with Crippen LogP contribution in [0.5, 0.6) is 11.5 Å². The Balaban J connectivity index is 2.11. The van der Waals surface area contributed by atoms with E-state index in [9.17, 15) is 14.7 Å². The van der Waals surface area contributed by atoms with Gasteiger partial charge in [0.2, 0.25) is 11.8 Å². The molecule has 0 aliphatic carbocycles. The maximum atomic E-state index is 12.4. The van der Waals surface area contributed by atoms with Gasteiger partial charge in [-0.15, -0.1) is 0 Å². The van der Waals surface area contributed by atoms with Crippen LogP contribution in [0.1, 0.15) is 25.8 Å². The first-order valence-corrected chi connectivity index (χ1v) is 8.94. The van der Waals surface area contributed by atoms with Gasteiger partial charge in [-0.1, -0.05) is 6.07 Å². The highest BCUT2D eigenvalue weighted by Crippen LogP contribution is 2.28. The molecule has 1 unspecified atom stereocenters. The van der Waals surface area contributed by atoms with Gasteiger partial charge in [0.15, 0.2) is 11.5 Å². The SMILES string of the molecule is COc1ccc(CN2CCNC(=O)C2CC(=O)NC(C)(C)CO)cc1OC. The van der Waals surface area contributed by atoms with Gasteiger partial charge >= 0.3 is 0 Å². The topological polar surface area (TPSA) is 100 Å². The van der Waals surface area contributed by atoms with E-state index in [1.165, 1.54) is 0 Å². The maximum Gasteiger partial charge on any atom is 0.237 e. The van der Waals surface area contributed by atoms with Crippen LogP contribution in [-0.2, 0) is 16.1 Å². The number of methoxy groups -OCH3 is 2. The van der Waals surface area contributed by atoms with Crippen molar-refractivity contribution in [3.8, 4) is 11.5 Å². The van der Waals surface area contributed by atoms with Gasteiger partial charge in [-0.3, -0.25) is 14.5 Å². The summed E-state index contributed by atoms with van der Waals surface area (Å²) in [5.41, 5.74) is 0.236. The average Bonchev–Trinajstić information content (AvgIpc) is 2.64. The summed E-state index contributed by atoms with van der Waals surface area (Å²) >= 11 is 0. The third-order valence-electron chi connectivity index (χ3n) is 4.53. The number of aliphatic hydroxyl groups excluding tert-OH is 1. The molecule has 1 aliphatic heterocycles. The first kappa shape index (κ1) is 21.0. The molecule has 27 heavy (non-hydrogen) atoms. The predicted octanol–water partition coefficient (Wildman–Crippen LogP) is 0.281. The monoisotopic (exact) mass is 379 g/mol. The second-order valence-electron chi connectivity index (χ2n) is 7.26. The van der Waals surface area contributed by atoms with Crippen LogP contribution in [0.4, 0.5) is 0 Å². The first-order chi connectivity index (χ1) is 12.8. The Hall–Kier alpha value is -2.32. The number of aliphatic hydroxyl groups is 1. The number of carbonyl (C=O) groups is 2. The van der Waals surface area contributed by atoms with E-state index in [2.05, 4.69) is 10.6 Å². The lowest BCUT2D eigenvalue weighted by Crippen LogP contribution is -2.57. The van der Waals surface area contributed by atoms with E-state index in [4.69, 9.17) is 9.47 Å². The number of benzene rings is 1. The van der Waals surface area contributed by atoms with Crippen molar-refractivity contribution in [1.82, 2.24) is 15.5 Å². The number of rotatable bonds is 8. The second-order valence-corrected chi connectivity index (χ2v) is 7.26. The smallest absolute Gasteiger partial charge is 0.237 e. The number of hydrogen-bond donors (Lipinski definition) is 3. The third kappa shape index (κ3) is 5.58. The Morgan fingerprint density at radius 3 is 2.67 bits per heavy atom. The van der Waals surface area contributed by atoms with E-state index in [1.54, 1.807) is 28.1 Å². The average molecular weight is 379 g/mol. The maximum absolute atomic E-state index is 12.4. The molecule has 0 aromatic heterocycles. The third-order valence-corrected chi connectivity index (χ3v) is 4.53. The van der Waals surface area contributed by atoms with Crippen molar-refractivity contribution in [2.45, 2.75) is 38.4 Å². The summed E-state index contributed by atoms with van der Waals surface area (Å²) in [7, 11) is 3.15. The minimum Gasteiger partial charge on any atom is -0.493 e. The molecule has 0 bridgehead atoms. The van der Waals surface area contributed by atoms with E-state index in [0.29, 0.717) is 31.1 Å². The van der Waals surface area contributed by atoms with Crippen LogP contribution in [0.3, 0.4) is 0 Å². The van der Waals surface area contributed by atoms with Crippen molar-refractivity contribution < 1.29 is 24.2 Å². The summed E-state index contributed by atoms with van der Waals surface area (Å²) < 4.78 is 10.6. The fraction of sp³-hybridized carbons (Fsp3) is 0.579. The van der Waals surface area contributed by atoms with Crippen molar-refractivity contribution in [1.29, 1.82) is 0 Å². The highest BCUT2D eigenvalue weighted by Gasteiger charge is 2.33. The highest BCUT2D eigenvalue weighted by molar-refractivity contribution is 5.89. The molecule has 8 heteroatoms. The van der Waals surface area contributed by atoms with Crippen LogP contribution < -0.4 is 20.1 Å². The zero-order chi connectivity index (χ0) is 20.0. The number of nitrogens with zero attached hydrogens (tertiary/aromatic N) is 1. The Labute approximate surface area is 159 Å². The molecular formula is C19H29N3O5. The number of amides is 2. The molecule has 1 aromatic rings. The lowest BCUT2D eigenvalue weighted by Gasteiger charge is -2.35. The molecule has 1 saturated heterocycles. The van der Waals surface area contributed by atoms with Gasteiger partial charge in [0, 0.05) is 19.6 Å². The Kier molecular flexibility index (Phi) is 7.04. The normalized spacial score (nSPS) is 18.0. The summed E-state index contributed by atoms with van der Waals surface area (Å²) in [4.78, 5) is 26.7. The van der Waals surface area contributed by atoms with Crippen LogP contribution in [0.15, 0.2) is 18.2 Å². The Morgan fingerprint density at radius 1 is 1.33 bits per heavy atom. The van der Waals surface area contributed by atoms with Gasteiger partial charge in [-0.2, -0.15) is 0 Å². The summed E-state index contributed by atoms with van der Waals surface area (Å²) in [6.07, 6.45) is 0.0303. The summed E-state index contributed by atoms with van der Waals surface area (Å²) in [5.74, 6) is 0.822. The summed E-state index contributed by atoms with van der Waals surface area (Å²) in [6.45, 7) is 4.97. The molecule has 1 atom stereocenters. The van der Waals surface area contributed by atoms with E-state index in [0.717, 1.165) is 5.56 Å². The lowest BCUT2D eigenvalue weighted by atomic mass is 10.0. The minimum absolute atomic E-state index is 0.0303. The van der Waals surface area contributed by atoms with Crippen molar-refractivity contribution in [2.24, 2.45) is 0 Å². The molecule has 2 amide bonds. The van der Waals surface area contributed by atoms with Crippen LogP contribution in [0.25, 0.3) is 0 Å².